The molecule has 0 bridgehead atoms. The van der Waals surface area contributed by atoms with Crippen molar-refractivity contribution in [1.82, 2.24) is 19.7 Å². The van der Waals surface area contributed by atoms with Gasteiger partial charge in [-0.25, -0.2) is 4.98 Å². The summed E-state index contributed by atoms with van der Waals surface area (Å²) >= 11 is 1.58. The minimum Gasteiger partial charge on any atom is -0.334 e. The fourth-order valence-electron chi connectivity index (χ4n) is 2.93. The minimum absolute atomic E-state index is 0. The summed E-state index contributed by atoms with van der Waals surface area (Å²) in [6.45, 7) is 0.668. The lowest BCUT2D eigenvalue weighted by Crippen LogP contribution is -2.34. The van der Waals surface area contributed by atoms with Crippen LogP contribution in [0.4, 0.5) is 0 Å². The Morgan fingerprint density at radius 2 is 2.14 bits per heavy atom. The normalized spacial score (nSPS) is 19.0. The molecule has 2 N–H and O–H groups in total. The molecule has 118 valence electrons. The molecule has 3 heterocycles. The van der Waals surface area contributed by atoms with Crippen molar-refractivity contribution in [2.45, 2.75) is 42.9 Å². The summed E-state index contributed by atoms with van der Waals surface area (Å²) in [4.78, 5) is 21.1. The molecular formula is C13H16ClN5O2S. The molecule has 0 atom stereocenters. The van der Waals surface area contributed by atoms with E-state index in [0.29, 0.717) is 17.9 Å². The van der Waals surface area contributed by atoms with E-state index in [1.165, 1.54) is 6.20 Å². The summed E-state index contributed by atoms with van der Waals surface area (Å²) in [5.41, 5.74) is 6.02. The number of aromatic nitrogens is 4. The highest BCUT2D eigenvalue weighted by Crippen LogP contribution is 2.35. The summed E-state index contributed by atoms with van der Waals surface area (Å²) in [7, 11) is 0. The molecule has 9 heteroatoms. The van der Waals surface area contributed by atoms with Crippen LogP contribution in [0, 0.1) is 0 Å². The molecule has 2 aromatic rings. The first kappa shape index (κ1) is 15.5. The molecule has 2 aliphatic rings. The highest BCUT2D eigenvalue weighted by molar-refractivity contribution is 7.99. The van der Waals surface area contributed by atoms with Crippen LogP contribution in [0.5, 0.6) is 0 Å². The first-order chi connectivity index (χ1) is 10.2. The fourth-order valence-corrected chi connectivity index (χ4v) is 3.84. The number of nitrogens with zero attached hydrogens (tertiary/aromatic N) is 4. The first-order valence-electron chi connectivity index (χ1n) is 7.03. The molecule has 4 rings (SSSR count). The maximum absolute atomic E-state index is 12.4. The van der Waals surface area contributed by atoms with Gasteiger partial charge in [0, 0.05) is 18.5 Å². The highest BCUT2D eigenvalue weighted by Gasteiger charge is 2.36. The summed E-state index contributed by atoms with van der Waals surface area (Å²) in [6.07, 6.45) is 5.36. The van der Waals surface area contributed by atoms with Crippen LogP contribution in [0.1, 0.15) is 31.5 Å². The smallest absolute Gasteiger partial charge is 0.267 e. The molecule has 1 fully saturated rings. The molecule has 0 spiro atoms. The van der Waals surface area contributed by atoms with Gasteiger partial charge in [-0.2, -0.15) is 4.98 Å². The third-order valence-electron chi connectivity index (χ3n) is 4.15. The first-order valence-corrected chi connectivity index (χ1v) is 8.02. The molecule has 7 nitrogen and oxygen atoms in total. The summed E-state index contributed by atoms with van der Waals surface area (Å²) in [5.74, 6) is 1.58. The molecule has 22 heavy (non-hydrogen) atoms. The van der Waals surface area contributed by atoms with E-state index in [2.05, 4.69) is 15.1 Å². The topological polar surface area (TPSA) is 99.8 Å². The number of thioether (sulfide) groups is 1. The fraction of sp³-hybridized carbons (Fsp3) is 0.538. The van der Waals surface area contributed by atoms with Crippen LogP contribution in [-0.2, 0) is 12.1 Å². The summed E-state index contributed by atoms with van der Waals surface area (Å²) < 4.78 is 6.92. The van der Waals surface area contributed by atoms with Crippen LogP contribution in [0.2, 0.25) is 0 Å². The van der Waals surface area contributed by atoms with Crippen LogP contribution in [0.3, 0.4) is 0 Å². The Balaban J connectivity index is 0.00000144. The summed E-state index contributed by atoms with van der Waals surface area (Å²) in [6, 6.07) is 0. The zero-order valence-electron chi connectivity index (χ0n) is 11.8. The molecule has 1 aliphatic carbocycles. The van der Waals surface area contributed by atoms with E-state index in [4.69, 9.17) is 10.3 Å². The second-order valence-corrected chi connectivity index (χ2v) is 6.61. The lowest BCUT2D eigenvalue weighted by molar-refractivity contribution is 0.372. The van der Waals surface area contributed by atoms with Crippen LogP contribution in [0.25, 0.3) is 11.5 Å². The molecule has 2 aromatic heterocycles. The van der Waals surface area contributed by atoms with Crippen molar-refractivity contribution in [3.63, 3.8) is 0 Å². The largest absolute Gasteiger partial charge is 0.334 e. The summed E-state index contributed by atoms with van der Waals surface area (Å²) in [5, 5.41) is 4.73. The van der Waals surface area contributed by atoms with Crippen molar-refractivity contribution in [3.05, 3.63) is 22.4 Å². The van der Waals surface area contributed by atoms with Gasteiger partial charge >= 0.3 is 0 Å². The van der Waals surface area contributed by atoms with E-state index in [-0.39, 0.29) is 23.9 Å². The number of hydrogen-bond donors (Lipinski definition) is 1. The zero-order valence-corrected chi connectivity index (χ0v) is 13.5. The monoisotopic (exact) mass is 341 g/mol. The Morgan fingerprint density at radius 3 is 2.91 bits per heavy atom. The molecular weight excluding hydrogens is 326 g/mol. The Labute approximate surface area is 137 Å². The third-order valence-corrected chi connectivity index (χ3v) is 5.12. The van der Waals surface area contributed by atoms with Gasteiger partial charge in [0.1, 0.15) is 5.56 Å². The van der Waals surface area contributed by atoms with Gasteiger partial charge in [0.05, 0.1) is 5.54 Å². The van der Waals surface area contributed by atoms with E-state index in [1.54, 1.807) is 16.3 Å². The van der Waals surface area contributed by atoms with Gasteiger partial charge in [-0.05, 0) is 12.8 Å². The maximum Gasteiger partial charge on any atom is 0.267 e. The number of nitrogens with two attached hydrogens (primary N) is 1. The predicted molar refractivity (Wildman–Crippen MR) is 84.1 cm³/mol. The SMILES string of the molecule is Cl.NC1(c2noc(-c3cnc4n(c3=O)CCS4)n2)CCCC1. The van der Waals surface area contributed by atoms with Gasteiger partial charge in [-0.3, -0.25) is 9.36 Å². The van der Waals surface area contributed by atoms with E-state index in [1.807, 2.05) is 0 Å². The zero-order chi connectivity index (χ0) is 14.4. The average molecular weight is 342 g/mol. The van der Waals surface area contributed by atoms with Gasteiger partial charge in [0.15, 0.2) is 11.0 Å². The molecule has 0 unspecified atom stereocenters. The lowest BCUT2D eigenvalue weighted by Gasteiger charge is -2.17. The van der Waals surface area contributed by atoms with E-state index >= 15 is 0 Å². The van der Waals surface area contributed by atoms with Crippen molar-refractivity contribution < 1.29 is 4.52 Å². The van der Waals surface area contributed by atoms with Crippen molar-refractivity contribution in [1.29, 1.82) is 0 Å². The van der Waals surface area contributed by atoms with Gasteiger partial charge in [0.2, 0.25) is 0 Å². The number of rotatable bonds is 2. The van der Waals surface area contributed by atoms with Crippen LogP contribution >= 0.6 is 24.2 Å². The molecule has 0 amide bonds. The quantitative estimate of drug-likeness (QED) is 0.827. The second kappa shape index (κ2) is 5.68. The van der Waals surface area contributed by atoms with Crippen molar-refractivity contribution >= 4 is 24.2 Å². The Kier molecular flexibility index (Phi) is 4.00. The van der Waals surface area contributed by atoms with E-state index in [9.17, 15) is 4.79 Å². The van der Waals surface area contributed by atoms with Gasteiger partial charge < -0.3 is 10.3 Å². The highest BCUT2D eigenvalue weighted by atomic mass is 35.5. The number of fused-ring (bicyclic) bond motifs is 1. The molecule has 0 aromatic carbocycles. The molecule has 1 aliphatic heterocycles. The Morgan fingerprint density at radius 1 is 1.36 bits per heavy atom. The van der Waals surface area contributed by atoms with Crippen LogP contribution in [0.15, 0.2) is 20.7 Å². The van der Waals surface area contributed by atoms with Crippen LogP contribution in [-0.4, -0.2) is 25.4 Å². The van der Waals surface area contributed by atoms with E-state index in [0.717, 1.165) is 36.6 Å². The van der Waals surface area contributed by atoms with Crippen molar-refractivity contribution in [2.75, 3.05) is 5.75 Å². The molecule has 1 saturated carbocycles. The Bertz CT molecular complexity index is 753. The minimum atomic E-state index is -0.516. The van der Waals surface area contributed by atoms with E-state index < -0.39 is 5.54 Å². The lowest BCUT2D eigenvalue weighted by atomic mass is 9.99. The van der Waals surface area contributed by atoms with Crippen molar-refractivity contribution in [3.8, 4) is 11.5 Å². The molecule has 0 radical (unpaired) electrons. The number of halogens is 1. The van der Waals surface area contributed by atoms with Crippen molar-refractivity contribution in [2.24, 2.45) is 5.73 Å². The standard InChI is InChI=1S/C13H15N5O2S.ClH/c14-13(3-1-2-4-13)11-16-9(20-17-11)8-7-15-12-18(10(8)19)5-6-21-12;/h7H,1-6,14H2;1H. The van der Waals surface area contributed by atoms with Crippen LogP contribution < -0.4 is 11.3 Å². The van der Waals surface area contributed by atoms with Gasteiger partial charge in [0.25, 0.3) is 11.4 Å². The Hall–Kier alpha value is -1.38. The molecule has 0 saturated heterocycles. The average Bonchev–Trinajstić information content (AvgIpc) is 3.18. The second-order valence-electron chi connectivity index (χ2n) is 5.55. The van der Waals surface area contributed by atoms with Gasteiger partial charge in [-0.1, -0.05) is 29.8 Å². The predicted octanol–water partition coefficient (Wildman–Crippen LogP) is 1.55. The van der Waals surface area contributed by atoms with Gasteiger partial charge in [-0.15, -0.1) is 12.4 Å². The third kappa shape index (κ3) is 2.35. The number of hydrogen-bond acceptors (Lipinski definition) is 7. The maximum atomic E-state index is 12.4.